The first-order valence-electron chi connectivity index (χ1n) is 6.90. The van der Waals surface area contributed by atoms with Gasteiger partial charge in [-0.25, -0.2) is 0 Å². The second kappa shape index (κ2) is 6.26. The lowest BCUT2D eigenvalue weighted by atomic mass is 10.1. The van der Waals surface area contributed by atoms with Crippen molar-refractivity contribution in [3.8, 4) is 5.75 Å². The van der Waals surface area contributed by atoms with Crippen LogP contribution in [0.15, 0.2) is 18.2 Å². The number of anilines is 1. The topological polar surface area (TPSA) is 41.7 Å². The van der Waals surface area contributed by atoms with Crippen molar-refractivity contribution in [2.24, 2.45) is 11.7 Å². The molecular weight excluding hydrogens is 238 g/mol. The summed E-state index contributed by atoms with van der Waals surface area (Å²) in [4.78, 5) is 4.71. The fraction of sp³-hybridized carbons (Fsp3) is 0.600. The summed E-state index contributed by atoms with van der Waals surface area (Å²) in [7, 11) is 6.04. The normalized spacial score (nSPS) is 19.7. The number of hydrogen-bond donors (Lipinski definition) is 1. The third-order valence-electron chi connectivity index (χ3n) is 3.94. The van der Waals surface area contributed by atoms with Crippen molar-refractivity contribution < 1.29 is 4.74 Å². The summed E-state index contributed by atoms with van der Waals surface area (Å²) in [5.74, 6) is 1.63. The standard InChI is InChI=1S/C15H25N3O/c1-17-7-6-12(10-17)11-18(2)15-8-14(19-3)5-4-13(15)9-16/h4-5,8,12H,6-7,9-11,16H2,1-3H3. The molecule has 0 bridgehead atoms. The summed E-state index contributed by atoms with van der Waals surface area (Å²) >= 11 is 0. The van der Waals surface area contributed by atoms with E-state index in [1.54, 1.807) is 7.11 Å². The van der Waals surface area contributed by atoms with Gasteiger partial charge in [0.05, 0.1) is 7.11 Å². The number of hydrogen-bond acceptors (Lipinski definition) is 4. The highest BCUT2D eigenvalue weighted by atomic mass is 16.5. The maximum atomic E-state index is 5.83. The number of likely N-dealkylation sites (tertiary alicyclic amines) is 1. The average molecular weight is 263 g/mol. The van der Waals surface area contributed by atoms with Crippen LogP contribution in [0.4, 0.5) is 5.69 Å². The molecule has 1 aliphatic heterocycles. The van der Waals surface area contributed by atoms with Crippen LogP contribution in [0.2, 0.25) is 0 Å². The summed E-state index contributed by atoms with van der Waals surface area (Å²) in [5.41, 5.74) is 8.20. The maximum absolute atomic E-state index is 5.83. The van der Waals surface area contributed by atoms with Crippen LogP contribution in [-0.2, 0) is 6.54 Å². The summed E-state index contributed by atoms with van der Waals surface area (Å²) in [6, 6.07) is 6.12. The predicted molar refractivity (Wildman–Crippen MR) is 79.8 cm³/mol. The fourth-order valence-electron chi connectivity index (χ4n) is 2.86. The van der Waals surface area contributed by atoms with Crippen molar-refractivity contribution >= 4 is 5.69 Å². The Labute approximate surface area is 116 Å². The molecule has 2 N–H and O–H groups in total. The summed E-state index contributed by atoms with van der Waals surface area (Å²) in [5, 5.41) is 0. The van der Waals surface area contributed by atoms with Crippen LogP contribution in [0, 0.1) is 5.92 Å². The molecule has 19 heavy (non-hydrogen) atoms. The van der Waals surface area contributed by atoms with Crippen LogP contribution in [0.3, 0.4) is 0 Å². The second-order valence-electron chi connectivity index (χ2n) is 5.50. The van der Waals surface area contributed by atoms with E-state index in [1.165, 1.54) is 30.8 Å². The minimum absolute atomic E-state index is 0.564. The third-order valence-corrected chi connectivity index (χ3v) is 3.94. The number of rotatable bonds is 5. The molecule has 1 fully saturated rings. The quantitative estimate of drug-likeness (QED) is 0.875. The second-order valence-corrected chi connectivity index (χ2v) is 5.50. The number of benzene rings is 1. The highest BCUT2D eigenvalue weighted by molar-refractivity contribution is 5.57. The lowest BCUT2D eigenvalue weighted by Crippen LogP contribution is -2.28. The Morgan fingerprint density at radius 3 is 2.84 bits per heavy atom. The molecule has 4 heteroatoms. The Bertz CT molecular complexity index is 422. The van der Waals surface area contributed by atoms with E-state index in [0.717, 1.165) is 18.2 Å². The van der Waals surface area contributed by atoms with Gasteiger partial charge in [-0.05, 0) is 37.6 Å². The molecule has 1 atom stereocenters. The van der Waals surface area contributed by atoms with Crippen LogP contribution >= 0.6 is 0 Å². The smallest absolute Gasteiger partial charge is 0.120 e. The van der Waals surface area contributed by atoms with Crippen LogP contribution in [0.5, 0.6) is 5.75 Å². The molecule has 0 aromatic heterocycles. The van der Waals surface area contributed by atoms with Gasteiger partial charge in [0.15, 0.2) is 0 Å². The van der Waals surface area contributed by atoms with E-state index in [1.807, 2.05) is 6.07 Å². The van der Waals surface area contributed by atoms with E-state index in [-0.39, 0.29) is 0 Å². The van der Waals surface area contributed by atoms with E-state index >= 15 is 0 Å². The van der Waals surface area contributed by atoms with Crippen molar-refractivity contribution in [3.63, 3.8) is 0 Å². The van der Waals surface area contributed by atoms with Crippen LogP contribution in [0.25, 0.3) is 0 Å². The molecule has 1 saturated heterocycles. The monoisotopic (exact) mass is 263 g/mol. The number of methoxy groups -OCH3 is 1. The first-order valence-corrected chi connectivity index (χ1v) is 6.90. The van der Waals surface area contributed by atoms with E-state index in [9.17, 15) is 0 Å². The van der Waals surface area contributed by atoms with Crippen LogP contribution in [0.1, 0.15) is 12.0 Å². The van der Waals surface area contributed by atoms with Crippen molar-refractivity contribution in [1.29, 1.82) is 0 Å². The van der Waals surface area contributed by atoms with Gasteiger partial charge in [-0.1, -0.05) is 6.07 Å². The van der Waals surface area contributed by atoms with Crippen molar-refractivity contribution in [2.45, 2.75) is 13.0 Å². The van der Waals surface area contributed by atoms with Crippen molar-refractivity contribution in [3.05, 3.63) is 23.8 Å². The summed E-state index contributed by atoms with van der Waals surface area (Å²) in [6.07, 6.45) is 1.28. The molecule has 1 unspecified atom stereocenters. The van der Waals surface area contributed by atoms with E-state index in [2.05, 4.69) is 36.0 Å². The van der Waals surface area contributed by atoms with E-state index in [0.29, 0.717) is 6.54 Å². The zero-order valence-electron chi connectivity index (χ0n) is 12.2. The van der Waals surface area contributed by atoms with Gasteiger partial charge in [0, 0.05) is 38.4 Å². The molecule has 0 saturated carbocycles. The van der Waals surface area contributed by atoms with Gasteiger partial charge in [-0.2, -0.15) is 0 Å². The van der Waals surface area contributed by atoms with Gasteiger partial charge in [0.2, 0.25) is 0 Å². The molecule has 0 amide bonds. The largest absolute Gasteiger partial charge is 0.497 e. The van der Waals surface area contributed by atoms with Gasteiger partial charge in [0.1, 0.15) is 5.75 Å². The predicted octanol–water partition coefficient (Wildman–Crippen LogP) is 1.54. The minimum Gasteiger partial charge on any atom is -0.497 e. The van der Waals surface area contributed by atoms with Gasteiger partial charge in [0.25, 0.3) is 0 Å². The molecule has 2 rings (SSSR count). The van der Waals surface area contributed by atoms with Crippen molar-refractivity contribution in [2.75, 3.05) is 45.7 Å². The molecule has 1 aliphatic rings. The fourth-order valence-corrected chi connectivity index (χ4v) is 2.86. The first kappa shape index (κ1) is 14.2. The van der Waals surface area contributed by atoms with Crippen LogP contribution in [-0.4, -0.2) is 45.7 Å². The zero-order chi connectivity index (χ0) is 13.8. The SMILES string of the molecule is COc1ccc(CN)c(N(C)CC2CCN(C)C2)c1. The Hall–Kier alpha value is -1.26. The highest BCUT2D eigenvalue weighted by Crippen LogP contribution is 2.27. The summed E-state index contributed by atoms with van der Waals surface area (Å²) in [6.45, 7) is 4.03. The van der Waals surface area contributed by atoms with Gasteiger partial charge >= 0.3 is 0 Å². The highest BCUT2D eigenvalue weighted by Gasteiger charge is 2.21. The van der Waals surface area contributed by atoms with E-state index in [4.69, 9.17) is 10.5 Å². The molecule has 1 aromatic carbocycles. The maximum Gasteiger partial charge on any atom is 0.120 e. The average Bonchev–Trinajstić information content (AvgIpc) is 2.83. The molecule has 106 valence electrons. The lowest BCUT2D eigenvalue weighted by Gasteiger charge is -2.25. The molecule has 1 aromatic rings. The Morgan fingerprint density at radius 1 is 1.47 bits per heavy atom. The molecule has 0 aliphatic carbocycles. The summed E-state index contributed by atoms with van der Waals surface area (Å²) < 4.78 is 5.32. The Balaban J connectivity index is 2.10. The molecular formula is C15H25N3O. The first-order chi connectivity index (χ1) is 9.13. The number of nitrogens with two attached hydrogens (primary N) is 1. The lowest BCUT2D eigenvalue weighted by molar-refractivity contribution is 0.395. The molecule has 0 spiro atoms. The molecule has 1 heterocycles. The van der Waals surface area contributed by atoms with Gasteiger partial charge in [-0.15, -0.1) is 0 Å². The Kier molecular flexibility index (Phi) is 4.66. The molecule has 4 nitrogen and oxygen atoms in total. The van der Waals surface area contributed by atoms with Gasteiger partial charge < -0.3 is 20.3 Å². The van der Waals surface area contributed by atoms with Gasteiger partial charge in [-0.3, -0.25) is 0 Å². The zero-order valence-corrected chi connectivity index (χ0v) is 12.2. The Morgan fingerprint density at radius 2 is 2.26 bits per heavy atom. The number of nitrogens with zero attached hydrogens (tertiary/aromatic N) is 2. The third kappa shape index (κ3) is 3.39. The van der Waals surface area contributed by atoms with E-state index < -0.39 is 0 Å². The minimum atomic E-state index is 0.564. The van der Waals surface area contributed by atoms with Crippen molar-refractivity contribution in [1.82, 2.24) is 4.90 Å². The molecule has 0 radical (unpaired) electrons. The van der Waals surface area contributed by atoms with Crippen LogP contribution < -0.4 is 15.4 Å². The number of ether oxygens (including phenoxy) is 1.